The Morgan fingerprint density at radius 3 is 2.63 bits per heavy atom. The van der Waals surface area contributed by atoms with E-state index in [1.165, 1.54) is 23.4 Å². The number of nitrogens with one attached hydrogen (secondary N) is 1. The number of hydrogen-bond donors (Lipinski definition) is 2. The lowest BCUT2D eigenvalue weighted by Crippen LogP contribution is -2.06. The van der Waals surface area contributed by atoms with Crippen molar-refractivity contribution in [3.05, 3.63) is 114 Å². The van der Waals surface area contributed by atoms with Gasteiger partial charge in [0.25, 0.3) is 0 Å². The molecular formula is C30H29N5O2S. The van der Waals surface area contributed by atoms with Crippen LogP contribution in [0.15, 0.2) is 96.4 Å². The van der Waals surface area contributed by atoms with E-state index in [4.69, 9.17) is 15.5 Å². The van der Waals surface area contributed by atoms with Crippen LogP contribution in [-0.4, -0.2) is 34.2 Å². The van der Waals surface area contributed by atoms with E-state index in [2.05, 4.69) is 63.5 Å². The molecule has 0 aliphatic carbocycles. The Bertz CT molecular complexity index is 1540. The first-order valence-corrected chi connectivity index (χ1v) is 13.4. The maximum Gasteiger partial charge on any atom is 0.338 e. The molecule has 0 bridgehead atoms. The van der Waals surface area contributed by atoms with Crippen molar-refractivity contribution in [1.82, 2.24) is 14.5 Å². The number of imidazole rings is 1. The van der Waals surface area contributed by atoms with Crippen molar-refractivity contribution in [1.29, 1.82) is 0 Å². The van der Waals surface area contributed by atoms with Gasteiger partial charge in [0, 0.05) is 24.9 Å². The van der Waals surface area contributed by atoms with Gasteiger partial charge in [-0.05, 0) is 40.1 Å². The number of anilines is 2. The summed E-state index contributed by atoms with van der Waals surface area (Å²) < 4.78 is 7.17. The zero-order valence-corrected chi connectivity index (χ0v) is 21.9. The Kier molecular flexibility index (Phi) is 7.89. The number of esters is 1. The summed E-state index contributed by atoms with van der Waals surface area (Å²) in [6.45, 7) is 1.39. The third kappa shape index (κ3) is 5.98. The molecule has 0 fully saturated rings. The van der Waals surface area contributed by atoms with Gasteiger partial charge in [-0.25, -0.2) is 14.8 Å². The molecule has 2 heterocycles. The highest BCUT2D eigenvalue weighted by atomic mass is 32.2. The second kappa shape index (κ2) is 11.8. The van der Waals surface area contributed by atoms with Crippen LogP contribution in [0, 0.1) is 0 Å². The summed E-state index contributed by atoms with van der Waals surface area (Å²) in [6.07, 6.45) is 4.50. The molecule has 0 radical (unpaired) electrons. The van der Waals surface area contributed by atoms with E-state index in [0.717, 1.165) is 28.7 Å². The van der Waals surface area contributed by atoms with E-state index in [1.54, 1.807) is 24.0 Å². The van der Waals surface area contributed by atoms with Crippen LogP contribution in [0.1, 0.15) is 27.2 Å². The van der Waals surface area contributed by atoms with Gasteiger partial charge in [0.1, 0.15) is 5.82 Å². The number of benzene rings is 3. The van der Waals surface area contributed by atoms with Crippen molar-refractivity contribution in [2.75, 3.05) is 24.7 Å². The first-order valence-electron chi connectivity index (χ1n) is 12.4. The number of ether oxygens (including phenoxy) is 1. The summed E-state index contributed by atoms with van der Waals surface area (Å²) in [6, 6.07) is 26.1. The molecule has 3 N–H and O–H groups in total. The summed E-state index contributed by atoms with van der Waals surface area (Å²) in [5, 5.41) is 6.68. The van der Waals surface area contributed by atoms with Crippen LogP contribution in [-0.2, 0) is 23.5 Å². The maximum absolute atomic E-state index is 12.3. The number of nitrogens with zero attached hydrogens (tertiary/aromatic N) is 3. The molecule has 8 heteroatoms. The summed E-state index contributed by atoms with van der Waals surface area (Å²) in [4.78, 5) is 21.5. The highest BCUT2D eigenvalue weighted by Gasteiger charge is 2.15. The van der Waals surface area contributed by atoms with Crippen LogP contribution in [0.2, 0.25) is 0 Å². The van der Waals surface area contributed by atoms with Crippen LogP contribution in [0.5, 0.6) is 0 Å². The van der Waals surface area contributed by atoms with E-state index in [0.29, 0.717) is 30.1 Å². The molecule has 0 aliphatic rings. The fraction of sp³-hybridized carbons (Fsp3) is 0.167. The largest absolute Gasteiger partial charge is 0.465 e. The van der Waals surface area contributed by atoms with Gasteiger partial charge in [-0.3, -0.25) is 0 Å². The van der Waals surface area contributed by atoms with Crippen molar-refractivity contribution >= 4 is 40.0 Å². The Morgan fingerprint density at radius 2 is 1.79 bits per heavy atom. The fourth-order valence-electron chi connectivity index (χ4n) is 4.34. The molecule has 2 aromatic heterocycles. The lowest BCUT2D eigenvalue weighted by Gasteiger charge is -2.11. The van der Waals surface area contributed by atoms with Crippen LogP contribution >= 0.6 is 11.8 Å². The SMILES string of the molecule is COC(=O)c1ccccc1CSc1nc(CCNc2ccc(N)cn2)cn1Cc1cccc2ccccc12. The molecule has 0 amide bonds. The molecule has 5 aromatic rings. The molecule has 0 saturated carbocycles. The number of carbonyl (C=O) groups excluding carboxylic acids is 1. The first-order chi connectivity index (χ1) is 18.6. The topological polar surface area (TPSA) is 95.1 Å². The Hall–Kier alpha value is -4.30. The third-order valence-electron chi connectivity index (χ3n) is 6.26. The molecule has 0 unspecified atom stereocenters. The summed E-state index contributed by atoms with van der Waals surface area (Å²) in [7, 11) is 1.41. The second-order valence-electron chi connectivity index (χ2n) is 8.87. The molecule has 0 spiro atoms. The van der Waals surface area contributed by atoms with Crippen LogP contribution in [0.3, 0.4) is 0 Å². The predicted octanol–water partition coefficient (Wildman–Crippen LogP) is 5.80. The van der Waals surface area contributed by atoms with Gasteiger partial charge < -0.3 is 20.4 Å². The van der Waals surface area contributed by atoms with E-state index in [-0.39, 0.29) is 5.97 Å². The standard InChI is InChI=1S/C30H29N5O2S/c1-37-29(36)27-12-5-3-8-23(27)20-38-30-34-25(15-16-32-28-14-13-24(31)17-33-28)19-35(30)18-22-10-6-9-21-7-2-4-11-26(21)22/h2-14,17,19H,15-16,18,20,31H2,1H3,(H,32,33). The van der Waals surface area contributed by atoms with Gasteiger partial charge in [-0.15, -0.1) is 0 Å². The number of fused-ring (bicyclic) bond motifs is 1. The van der Waals surface area contributed by atoms with E-state index < -0.39 is 0 Å². The maximum atomic E-state index is 12.3. The molecular weight excluding hydrogens is 494 g/mol. The number of carbonyl (C=O) groups is 1. The summed E-state index contributed by atoms with van der Waals surface area (Å²) >= 11 is 1.62. The van der Waals surface area contributed by atoms with Gasteiger partial charge in [-0.2, -0.15) is 0 Å². The van der Waals surface area contributed by atoms with E-state index in [9.17, 15) is 4.79 Å². The number of aromatic nitrogens is 3. The average molecular weight is 524 g/mol. The molecule has 0 saturated heterocycles. The van der Waals surface area contributed by atoms with Crippen LogP contribution in [0.25, 0.3) is 10.8 Å². The number of nitrogen functional groups attached to an aromatic ring is 1. The zero-order valence-electron chi connectivity index (χ0n) is 21.1. The fourth-order valence-corrected chi connectivity index (χ4v) is 5.34. The van der Waals surface area contributed by atoms with Crippen molar-refractivity contribution in [2.24, 2.45) is 0 Å². The number of rotatable bonds is 10. The minimum Gasteiger partial charge on any atom is -0.465 e. The smallest absolute Gasteiger partial charge is 0.338 e. The minimum absolute atomic E-state index is 0.330. The quantitative estimate of drug-likeness (QED) is 0.177. The molecule has 7 nitrogen and oxygen atoms in total. The van der Waals surface area contributed by atoms with Crippen molar-refractivity contribution in [2.45, 2.75) is 23.9 Å². The van der Waals surface area contributed by atoms with Gasteiger partial charge in [0.15, 0.2) is 5.16 Å². The zero-order chi connectivity index (χ0) is 26.3. The van der Waals surface area contributed by atoms with E-state index in [1.807, 2.05) is 30.3 Å². The van der Waals surface area contributed by atoms with Gasteiger partial charge in [-0.1, -0.05) is 72.4 Å². The lowest BCUT2D eigenvalue weighted by atomic mass is 10.0. The van der Waals surface area contributed by atoms with Crippen molar-refractivity contribution in [3.8, 4) is 0 Å². The highest BCUT2D eigenvalue weighted by molar-refractivity contribution is 7.98. The summed E-state index contributed by atoms with van der Waals surface area (Å²) in [5.74, 6) is 1.05. The summed E-state index contributed by atoms with van der Waals surface area (Å²) in [5.41, 5.74) is 10.1. The number of pyridine rings is 1. The van der Waals surface area contributed by atoms with Crippen molar-refractivity contribution in [3.63, 3.8) is 0 Å². The number of methoxy groups -OCH3 is 1. The predicted molar refractivity (Wildman–Crippen MR) is 153 cm³/mol. The normalized spacial score (nSPS) is 11.0. The van der Waals surface area contributed by atoms with Gasteiger partial charge in [0.05, 0.1) is 36.8 Å². The van der Waals surface area contributed by atoms with Gasteiger partial charge in [0.2, 0.25) is 0 Å². The number of nitrogens with two attached hydrogens (primary N) is 1. The second-order valence-corrected chi connectivity index (χ2v) is 9.81. The molecule has 192 valence electrons. The van der Waals surface area contributed by atoms with Crippen LogP contribution in [0.4, 0.5) is 11.5 Å². The Balaban J connectivity index is 1.38. The monoisotopic (exact) mass is 523 g/mol. The molecule has 0 atom stereocenters. The minimum atomic E-state index is -0.330. The third-order valence-corrected chi connectivity index (χ3v) is 7.30. The van der Waals surface area contributed by atoms with Gasteiger partial charge >= 0.3 is 5.97 Å². The Labute approximate surface area is 226 Å². The first kappa shape index (κ1) is 25.4. The highest BCUT2D eigenvalue weighted by Crippen LogP contribution is 2.27. The molecule has 5 rings (SSSR count). The van der Waals surface area contributed by atoms with Crippen molar-refractivity contribution < 1.29 is 9.53 Å². The average Bonchev–Trinajstić information content (AvgIpc) is 3.34. The molecule has 0 aliphatic heterocycles. The van der Waals surface area contributed by atoms with E-state index >= 15 is 0 Å². The molecule has 38 heavy (non-hydrogen) atoms. The lowest BCUT2D eigenvalue weighted by molar-refractivity contribution is 0.0600. The Morgan fingerprint density at radius 1 is 1.00 bits per heavy atom. The van der Waals surface area contributed by atoms with Crippen LogP contribution < -0.4 is 11.1 Å². The molecule has 3 aromatic carbocycles. The number of hydrogen-bond acceptors (Lipinski definition) is 7. The number of thioether (sulfide) groups is 1.